The summed E-state index contributed by atoms with van der Waals surface area (Å²) in [4.78, 5) is 24.4. The summed E-state index contributed by atoms with van der Waals surface area (Å²) in [5.41, 5.74) is 0. The van der Waals surface area contributed by atoms with E-state index in [0.29, 0.717) is 23.7 Å². The number of aryl methyl sites for hydroxylation is 1. The van der Waals surface area contributed by atoms with E-state index < -0.39 is 24.1 Å². The van der Waals surface area contributed by atoms with Crippen LogP contribution in [0.1, 0.15) is 26.0 Å². The summed E-state index contributed by atoms with van der Waals surface area (Å²) in [6, 6.07) is 8.37. The minimum Gasteiger partial charge on any atom is -0.497 e. The van der Waals surface area contributed by atoms with E-state index in [4.69, 9.17) is 18.7 Å². The molecule has 0 aliphatic carbocycles. The Morgan fingerprint density at radius 3 is 2.42 bits per heavy atom. The second kappa shape index (κ2) is 8.89. The van der Waals surface area contributed by atoms with E-state index >= 15 is 0 Å². The fourth-order valence-corrected chi connectivity index (χ4v) is 2.10. The number of ether oxygens (including phenoxy) is 3. The fourth-order valence-electron chi connectivity index (χ4n) is 2.10. The van der Waals surface area contributed by atoms with E-state index in [9.17, 15) is 9.59 Å². The Balaban J connectivity index is 1.90. The second-order valence-electron chi connectivity index (χ2n) is 5.58. The molecule has 0 saturated heterocycles. The first kappa shape index (κ1) is 19.3. The van der Waals surface area contributed by atoms with Gasteiger partial charge in [0.1, 0.15) is 17.3 Å². The Morgan fingerprint density at radius 2 is 1.88 bits per heavy atom. The van der Waals surface area contributed by atoms with Gasteiger partial charge in [-0.05, 0) is 44.5 Å². The predicted octanol–water partition coefficient (Wildman–Crippen LogP) is 2.72. The van der Waals surface area contributed by atoms with Crippen molar-refractivity contribution in [1.29, 1.82) is 0 Å². The van der Waals surface area contributed by atoms with Crippen LogP contribution in [0.15, 0.2) is 34.9 Å². The third kappa shape index (κ3) is 5.23. The number of esters is 1. The molecular weight excluding hydrogens is 340 g/mol. The zero-order valence-corrected chi connectivity index (χ0v) is 15.1. The van der Waals surface area contributed by atoms with Crippen LogP contribution in [-0.4, -0.2) is 36.4 Å². The minimum atomic E-state index is -0.957. The van der Waals surface area contributed by atoms with Crippen molar-refractivity contribution in [2.45, 2.75) is 39.4 Å². The maximum Gasteiger partial charge on any atom is 0.347 e. The van der Waals surface area contributed by atoms with Gasteiger partial charge in [0.2, 0.25) is 0 Å². The number of nitrogens with one attached hydrogen (secondary N) is 1. The van der Waals surface area contributed by atoms with E-state index in [0.717, 1.165) is 0 Å². The predicted molar refractivity (Wildman–Crippen MR) is 93.1 cm³/mol. The van der Waals surface area contributed by atoms with Crippen molar-refractivity contribution >= 4 is 17.7 Å². The number of hydrogen-bond donors (Lipinski definition) is 1. The Bertz CT molecular complexity index is 740. The second-order valence-corrected chi connectivity index (χ2v) is 5.58. The maximum absolute atomic E-state index is 12.2. The molecule has 26 heavy (non-hydrogen) atoms. The number of hydrogen-bond acceptors (Lipinski definition) is 7. The molecule has 2 atom stereocenters. The van der Waals surface area contributed by atoms with Crippen molar-refractivity contribution in [3.05, 3.63) is 36.1 Å². The lowest BCUT2D eigenvalue weighted by atomic mass is 10.2. The van der Waals surface area contributed by atoms with Crippen molar-refractivity contribution in [3.8, 4) is 11.5 Å². The highest BCUT2D eigenvalue weighted by Crippen LogP contribution is 2.19. The van der Waals surface area contributed by atoms with Gasteiger partial charge in [-0.25, -0.2) is 4.79 Å². The molecule has 0 aliphatic rings. The lowest BCUT2D eigenvalue weighted by molar-refractivity contribution is -0.160. The molecule has 8 nitrogen and oxygen atoms in total. The molecule has 2 unspecified atom stereocenters. The largest absolute Gasteiger partial charge is 0.497 e. The van der Waals surface area contributed by atoms with Crippen LogP contribution in [0.4, 0.5) is 5.82 Å². The van der Waals surface area contributed by atoms with Gasteiger partial charge in [0.15, 0.2) is 18.0 Å². The molecule has 1 N–H and O–H groups in total. The highest BCUT2D eigenvalue weighted by atomic mass is 16.6. The molecule has 0 spiro atoms. The zero-order valence-electron chi connectivity index (χ0n) is 15.1. The van der Waals surface area contributed by atoms with Gasteiger partial charge in [0.25, 0.3) is 5.91 Å². The van der Waals surface area contributed by atoms with Crippen LogP contribution < -0.4 is 14.8 Å². The number of anilines is 1. The molecule has 1 amide bonds. The van der Waals surface area contributed by atoms with Gasteiger partial charge in [-0.1, -0.05) is 12.1 Å². The van der Waals surface area contributed by atoms with Gasteiger partial charge >= 0.3 is 5.97 Å². The molecule has 0 radical (unpaired) electrons. The van der Waals surface area contributed by atoms with Gasteiger partial charge in [-0.2, -0.15) is 0 Å². The van der Waals surface area contributed by atoms with E-state index in [1.54, 1.807) is 58.2 Å². The summed E-state index contributed by atoms with van der Waals surface area (Å²) in [7, 11) is 1.56. The zero-order chi connectivity index (χ0) is 19.1. The van der Waals surface area contributed by atoms with Gasteiger partial charge in [0, 0.05) is 6.07 Å². The highest BCUT2D eigenvalue weighted by molar-refractivity contribution is 5.94. The number of methoxy groups -OCH3 is 1. The maximum atomic E-state index is 12.2. The van der Waals surface area contributed by atoms with Crippen molar-refractivity contribution < 1.29 is 28.3 Å². The first-order chi connectivity index (χ1) is 12.4. The van der Waals surface area contributed by atoms with Gasteiger partial charge in [0.05, 0.1) is 7.11 Å². The third-order valence-corrected chi connectivity index (χ3v) is 3.51. The van der Waals surface area contributed by atoms with Gasteiger partial charge in [-0.15, -0.1) is 0 Å². The van der Waals surface area contributed by atoms with Crippen molar-refractivity contribution in [2.75, 3.05) is 12.4 Å². The summed E-state index contributed by atoms with van der Waals surface area (Å²) in [5.74, 6) is 0.880. The molecule has 0 bridgehead atoms. The standard InChI is InChI=1S/C18H22N2O6/c1-5-15(17(21)19-16-10-11(2)26-20-16)25-18(22)12(3)24-14-8-6-13(23-4)7-9-14/h6-10,12,15H,5H2,1-4H3,(H,19,20,21). The van der Waals surface area contributed by atoms with Crippen LogP contribution in [0.3, 0.4) is 0 Å². The van der Waals surface area contributed by atoms with E-state index in [1.165, 1.54) is 0 Å². The molecule has 2 rings (SSSR count). The summed E-state index contributed by atoms with van der Waals surface area (Å²) in [6.07, 6.45) is -1.52. The number of carbonyl (C=O) groups excluding carboxylic acids is 2. The van der Waals surface area contributed by atoms with Crippen LogP contribution in [0, 0.1) is 6.92 Å². The van der Waals surface area contributed by atoms with E-state index in [1.807, 2.05) is 0 Å². The van der Waals surface area contributed by atoms with E-state index in [2.05, 4.69) is 10.5 Å². The monoisotopic (exact) mass is 362 g/mol. The van der Waals surface area contributed by atoms with E-state index in [-0.39, 0.29) is 5.82 Å². The van der Waals surface area contributed by atoms with Gasteiger partial charge < -0.3 is 24.1 Å². The average Bonchev–Trinajstić information content (AvgIpc) is 3.04. The molecule has 1 aromatic heterocycles. The Hall–Kier alpha value is -3.03. The normalized spacial score (nSPS) is 12.8. The van der Waals surface area contributed by atoms with Crippen LogP contribution in [0.2, 0.25) is 0 Å². The Kier molecular flexibility index (Phi) is 6.60. The van der Waals surface area contributed by atoms with Crippen molar-refractivity contribution in [2.24, 2.45) is 0 Å². The van der Waals surface area contributed by atoms with Crippen LogP contribution >= 0.6 is 0 Å². The first-order valence-electron chi connectivity index (χ1n) is 8.18. The average molecular weight is 362 g/mol. The lowest BCUT2D eigenvalue weighted by Gasteiger charge is -2.19. The SMILES string of the molecule is CCC(OC(=O)C(C)Oc1ccc(OC)cc1)C(=O)Nc1cc(C)on1. The summed E-state index contributed by atoms with van der Waals surface area (Å²) in [6.45, 7) is 5.00. The smallest absolute Gasteiger partial charge is 0.347 e. The number of nitrogens with zero attached hydrogens (tertiary/aromatic N) is 1. The number of aromatic nitrogens is 1. The first-order valence-corrected chi connectivity index (χ1v) is 8.18. The summed E-state index contributed by atoms with van der Waals surface area (Å²) >= 11 is 0. The fraction of sp³-hybridized carbons (Fsp3) is 0.389. The minimum absolute atomic E-state index is 0.268. The quantitative estimate of drug-likeness (QED) is 0.721. The Morgan fingerprint density at radius 1 is 1.23 bits per heavy atom. The molecule has 1 heterocycles. The van der Waals surface area contributed by atoms with Crippen molar-refractivity contribution in [1.82, 2.24) is 5.16 Å². The summed E-state index contributed by atoms with van der Waals surface area (Å²) < 4.78 is 20.7. The number of carbonyl (C=O) groups is 2. The molecule has 0 fully saturated rings. The molecule has 8 heteroatoms. The molecule has 0 aliphatic heterocycles. The molecule has 0 saturated carbocycles. The third-order valence-electron chi connectivity index (χ3n) is 3.51. The highest BCUT2D eigenvalue weighted by Gasteiger charge is 2.26. The Labute approximate surface area is 151 Å². The molecule has 1 aromatic carbocycles. The van der Waals surface area contributed by atoms with Crippen molar-refractivity contribution in [3.63, 3.8) is 0 Å². The van der Waals surface area contributed by atoms with Crippen LogP contribution in [-0.2, 0) is 14.3 Å². The molecular formula is C18H22N2O6. The van der Waals surface area contributed by atoms with Crippen LogP contribution in [0.5, 0.6) is 11.5 Å². The lowest BCUT2D eigenvalue weighted by Crippen LogP contribution is -2.36. The topological polar surface area (TPSA) is 99.9 Å². The number of amides is 1. The summed E-state index contributed by atoms with van der Waals surface area (Å²) in [5, 5.41) is 6.22. The van der Waals surface area contributed by atoms with Crippen LogP contribution in [0.25, 0.3) is 0 Å². The van der Waals surface area contributed by atoms with Gasteiger partial charge in [-0.3, -0.25) is 4.79 Å². The number of benzene rings is 1. The number of rotatable bonds is 8. The molecule has 140 valence electrons. The molecule has 2 aromatic rings.